The first-order valence-electron chi connectivity index (χ1n) is 7.41. The number of aromatic nitrogens is 4. The van der Waals surface area contributed by atoms with Gasteiger partial charge in [0.15, 0.2) is 0 Å². The van der Waals surface area contributed by atoms with Crippen LogP contribution in [0.5, 0.6) is 0 Å². The van der Waals surface area contributed by atoms with Crippen molar-refractivity contribution in [3.63, 3.8) is 0 Å². The van der Waals surface area contributed by atoms with E-state index >= 15 is 0 Å². The van der Waals surface area contributed by atoms with Gasteiger partial charge in [0.1, 0.15) is 11.5 Å². The fourth-order valence-corrected chi connectivity index (χ4v) is 2.98. The lowest BCUT2D eigenvalue weighted by Crippen LogP contribution is -2.34. The molecule has 0 aromatic carbocycles. The molecule has 0 N–H and O–H groups in total. The highest BCUT2D eigenvalue weighted by Crippen LogP contribution is 2.13. The van der Waals surface area contributed by atoms with Crippen LogP contribution in [0.1, 0.15) is 17.1 Å². The van der Waals surface area contributed by atoms with E-state index in [2.05, 4.69) is 19.4 Å². The summed E-state index contributed by atoms with van der Waals surface area (Å²) < 4.78 is 3.77. The van der Waals surface area contributed by atoms with Gasteiger partial charge in [-0.15, -0.1) is 0 Å². The minimum Gasteiger partial charge on any atom is -0.333 e. The third kappa shape index (κ3) is 2.21. The molecular formula is C16H17N5O. The SMILES string of the molecule is Cc1cccn2c(=O)cc(CN3CCn4ccnc4C3)nc12. The van der Waals surface area contributed by atoms with Gasteiger partial charge in [-0.3, -0.25) is 14.1 Å². The van der Waals surface area contributed by atoms with Crippen LogP contribution in [0.15, 0.2) is 41.6 Å². The molecule has 0 radical (unpaired) electrons. The van der Waals surface area contributed by atoms with Crippen LogP contribution < -0.4 is 5.56 Å². The van der Waals surface area contributed by atoms with E-state index in [1.165, 1.54) is 0 Å². The third-order valence-electron chi connectivity index (χ3n) is 4.15. The molecule has 0 unspecified atom stereocenters. The van der Waals surface area contributed by atoms with Crippen LogP contribution in [-0.4, -0.2) is 30.4 Å². The maximum absolute atomic E-state index is 12.2. The Morgan fingerprint density at radius 2 is 2.18 bits per heavy atom. The number of imidazole rings is 1. The molecule has 6 heteroatoms. The van der Waals surface area contributed by atoms with Crippen molar-refractivity contribution in [2.75, 3.05) is 6.54 Å². The smallest absolute Gasteiger partial charge is 0.258 e. The second-order valence-corrected chi connectivity index (χ2v) is 5.72. The van der Waals surface area contributed by atoms with E-state index in [0.717, 1.165) is 42.4 Å². The molecule has 112 valence electrons. The molecule has 3 aromatic heterocycles. The molecule has 0 fully saturated rings. The number of aryl methyl sites for hydroxylation is 1. The van der Waals surface area contributed by atoms with Crippen molar-refractivity contribution in [3.05, 3.63) is 64.2 Å². The van der Waals surface area contributed by atoms with Crippen LogP contribution >= 0.6 is 0 Å². The molecule has 4 rings (SSSR count). The maximum Gasteiger partial charge on any atom is 0.258 e. The Kier molecular flexibility index (Phi) is 3.04. The fraction of sp³-hybridized carbons (Fsp3) is 0.312. The van der Waals surface area contributed by atoms with E-state index < -0.39 is 0 Å². The van der Waals surface area contributed by atoms with Crippen LogP contribution in [0, 0.1) is 6.92 Å². The number of rotatable bonds is 2. The predicted octanol–water partition coefficient (Wildman–Crippen LogP) is 1.22. The van der Waals surface area contributed by atoms with Crippen molar-refractivity contribution in [1.82, 2.24) is 23.8 Å². The first-order valence-corrected chi connectivity index (χ1v) is 7.41. The van der Waals surface area contributed by atoms with Gasteiger partial charge in [-0.1, -0.05) is 6.07 Å². The van der Waals surface area contributed by atoms with E-state index in [1.807, 2.05) is 31.5 Å². The molecule has 1 aliphatic heterocycles. The van der Waals surface area contributed by atoms with Crippen molar-refractivity contribution in [1.29, 1.82) is 0 Å². The van der Waals surface area contributed by atoms with E-state index in [4.69, 9.17) is 0 Å². The Morgan fingerprint density at radius 3 is 3.09 bits per heavy atom. The minimum atomic E-state index is -0.0257. The van der Waals surface area contributed by atoms with Gasteiger partial charge in [0, 0.05) is 44.3 Å². The number of nitrogens with zero attached hydrogens (tertiary/aromatic N) is 5. The predicted molar refractivity (Wildman–Crippen MR) is 82.5 cm³/mol. The van der Waals surface area contributed by atoms with Crippen LogP contribution in [0.3, 0.4) is 0 Å². The van der Waals surface area contributed by atoms with Crippen LogP contribution in [0.25, 0.3) is 5.65 Å². The molecule has 0 aliphatic carbocycles. The van der Waals surface area contributed by atoms with Crippen LogP contribution in [0.4, 0.5) is 0 Å². The standard InChI is InChI=1S/C16H17N5O/c1-12-3-2-5-21-15(22)9-13(18-16(12)21)10-19-7-8-20-6-4-17-14(20)11-19/h2-6,9H,7-8,10-11H2,1H3. The van der Waals surface area contributed by atoms with Crippen molar-refractivity contribution >= 4 is 5.65 Å². The summed E-state index contributed by atoms with van der Waals surface area (Å²) in [6.45, 7) is 5.32. The summed E-state index contributed by atoms with van der Waals surface area (Å²) in [4.78, 5) is 23.5. The second-order valence-electron chi connectivity index (χ2n) is 5.72. The van der Waals surface area contributed by atoms with Gasteiger partial charge in [0.05, 0.1) is 12.2 Å². The van der Waals surface area contributed by atoms with Gasteiger partial charge in [0.25, 0.3) is 5.56 Å². The molecule has 3 aromatic rings. The Hall–Kier alpha value is -2.47. The van der Waals surface area contributed by atoms with Gasteiger partial charge in [-0.25, -0.2) is 9.97 Å². The topological polar surface area (TPSA) is 55.4 Å². The van der Waals surface area contributed by atoms with Crippen molar-refractivity contribution in [3.8, 4) is 0 Å². The minimum absolute atomic E-state index is 0.0257. The zero-order valence-electron chi connectivity index (χ0n) is 12.4. The van der Waals surface area contributed by atoms with Crippen molar-refractivity contribution < 1.29 is 0 Å². The summed E-state index contributed by atoms with van der Waals surface area (Å²) in [5, 5.41) is 0. The number of hydrogen-bond acceptors (Lipinski definition) is 4. The summed E-state index contributed by atoms with van der Waals surface area (Å²) in [5.74, 6) is 1.07. The van der Waals surface area contributed by atoms with E-state index in [0.29, 0.717) is 6.54 Å². The third-order valence-corrected chi connectivity index (χ3v) is 4.15. The van der Waals surface area contributed by atoms with E-state index in [9.17, 15) is 4.79 Å². The van der Waals surface area contributed by atoms with Gasteiger partial charge < -0.3 is 4.57 Å². The molecule has 0 bridgehead atoms. The van der Waals surface area contributed by atoms with E-state index in [1.54, 1.807) is 16.7 Å². The second kappa shape index (κ2) is 5.06. The summed E-state index contributed by atoms with van der Waals surface area (Å²) >= 11 is 0. The normalized spacial score (nSPS) is 15.1. The Labute approximate surface area is 127 Å². The van der Waals surface area contributed by atoms with E-state index in [-0.39, 0.29) is 5.56 Å². The number of pyridine rings is 1. The zero-order chi connectivity index (χ0) is 15.1. The van der Waals surface area contributed by atoms with Crippen LogP contribution in [0.2, 0.25) is 0 Å². The fourth-order valence-electron chi connectivity index (χ4n) is 2.98. The van der Waals surface area contributed by atoms with Gasteiger partial charge in [-0.05, 0) is 18.6 Å². The van der Waals surface area contributed by atoms with Crippen LogP contribution in [-0.2, 0) is 19.6 Å². The summed E-state index contributed by atoms with van der Waals surface area (Å²) in [6, 6.07) is 5.48. The highest BCUT2D eigenvalue weighted by molar-refractivity contribution is 5.46. The van der Waals surface area contributed by atoms with Gasteiger partial charge in [-0.2, -0.15) is 0 Å². The Morgan fingerprint density at radius 1 is 1.27 bits per heavy atom. The summed E-state index contributed by atoms with van der Waals surface area (Å²) in [5.41, 5.74) is 2.54. The first kappa shape index (κ1) is 13.2. The molecule has 0 spiro atoms. The van der Waals surface area contributed by atoms with Crippen molar-refractivity contribution in [2.24, 2.45) is 0 Å². The maximum atomic E-state index is 12.2. The highest BCUT2D eigenvalue weighted by atomic mass is 16.1. The Bertz CT molecular complexity index is 895. The first-order chi connectivity index (χ1) is 10.7. The molecule has 0 atom stereocenters. The largest absolute Gasteiger partial charge is 0.333 e. The molecular weight excluding hydrogens is 278 g/mol. The summed E-state index contributed by atoms with van der Waals surface area (Å²) in [7, 11) is 0. The number of fused-ring (bicyclic) bond motifs is 2. The average molecular weight is 295 g/mol. The lowest BCUT2D eigenvalue weighted by atomic mass is 10.2. The molecule has 0 amide bonds. The van der Waals surface area contributed by atoms with Gasteiger partial charge >= 0.3 is 0 Å². The molecule has 22 heavy (non-hydrogen) atoms. The Balaban J connectivity index is 1.65. The number of hydrogen-bond donors (Lipinski definition) is 0. The molecule has 6 nitrogen and oxygen atoms in total. The lowest BCUT2D eigenvalue weighted by Gasteiger charge is -2.27. The van der Waals surface area contributed by atoms with Crippen molar-refractivity contribution in [2.45, 2.75) is 26.6 Å². The molecule has 4 heterocycles. The highest BCUT2D eigenvalue weighted by Gasteiger charge is 2.17. The zero-order valence-corrected chi connectivity index (χ0v) is 12.4. The quantitative estimate of drug-likeness (QED) is 0.713. The lowest BCUT2D eigenvalue weighted by molar-refractivity contribution is 0.206. The molecule has 0 saturated heterocycles. The monoisotopic (exact) mass is 295 g/mol. The van der Waals surface area contributed by atoms with Gasteiger partial charge in [0.2, 0.25) is 0 Å². The molecule has 1 aliphatic rings. The molecule has 0 saturated carbocycles. The summed E-state index contributed by atoms with van der Waals surface area (Å²) in [6.07, 6.45) is 5.61. The average Bonchev–Trinajstić information content (AvgIpc) is 2.96.